The highest BCUT2D eigenvalue weighted by atomic mass is 79.9. The largest absolute Gasteiger partial charge is 0.381 e. The lowest BCUT2D eigenvalue weighted by atomic mass is 10.0. The topological polar surface area (TPSA) is 21.3 Å². The maximum Gasteiger partial charge on any atom is 0.125 e. The molecule has 2 nitrogen and oxygen atoms in total. The molecule has 17 heavy (non-hydrogen) atoms. The first-order valence-corrected chi connectivity index (χ1v) is 6.81. The fraction of sp³-hybridized carbons (Fsp3) is 0.538. The molecule has 1 fully saturated rings. The first-order valence-electron chi connectivity index (χ1n) is 6.02. The number of ether oxygens (including phenoxy) is 1. The monoisotopic (exact) mass is 301 g/mol. The van der Waals surface area contributed by atoms with Gasteiger partial charge in [0.2, 0.25) is 0 Å². The first-order chi connectivity index (χ1) is 8.19. The summed E-state index contributed by atoms with van der Waals surface area (Å²) in [6.07, 6.45) is 3.31. The molecule has 0 amide bonds. The van der Waals surface area contributed by atoms with Gasteiger partial charge in [-0.3, -0.25) is 0 Å². The molecule has 0 spiro atoms. The van der Waals surface area contributed by atoms with E-state index in [9.17, 15) is 4.39 Å². The average Bonchev–Trinajstić information content (AvgIpc) is 2.34. The smallest absolute Gasteiger partial charge is 0.125 e. The average molecular weight is 302 g/mol. The van der Waals surface area contributed by atoms with Crippen molar-refractivity contribution in [2.24, 2.45) is 0 Å². The van der Waals surface area contributed by atoms with Crippen LogP contribution < -0.4 is 5.32 Å². The lowest BCUT2D eigenvalue weighted by Gasteiger charge is -2.30. The number of anilines is 1. The van der Waals surface area contributed by atoms with E-state index in [1.54, 1.807) is 6.07 Å². The Hall–Kier alpha value is -0.610. The van der Waals surface area contributed by atoms with Gasteiger partial charge in [-0.1, -0.05) is 6.92 Å². The van der Waals surface area contributed by atoms with Gasteiger partial charge in [0.1, 0.15) is 5.82 Å². The number of nitrogens with one attached hydrogen (secondary N) is 1. The minimum absolute atomic E-state index is 0.213. The van der Waals surface area contributed by atoms with E-state index in [-0.39, 0.29) is 5.82 Å². The number of halogens is 2. The van der Waals surface area contributed by atoms with Crippen LogP contribution in [0.5, 0.6) is 0 Å². The molecule has 1 aliphatic heterocycles. The molecule has 2 atom stereocenters. The van der Waals surface area contributed by atoms with Crippen molar-refractivity contribution in [2.45, 2.75) is 38.3 Å². The molecule has 2 rings (SSSR count). The van der Waals surface area contributed by atoms with Crippen LogP contribution in [-0.2, 0) is 4.74 Å². The van der Waals surface area contributed by atoms with Crippen LogP contribution in [0.3, 0.4) is 0 Å². The first kappa shape index (κ1) is 12.8. The van der Waals surface area contributed by atoms with Crippen molar-refractivity contribution in [3.63, 3.8) is 0 Å². The van der Waals surface area contributed by atoms with E-state index >= 15 is 0 Å². The van der Waals surface area contributed by atoms with Crippen molar-refractivity contribution in [3.05, 3.63) is 28.5 Å². The minimum atomic E-state index is -0.213. The summed E-state index contributed by atoms with van der Waals surface area (Å²) >= 11 is 3.43. The van der Waals surface area contributed by atoms with Crippen molar-refractivity contribution in [1.82, 2.24) is 0 Å². The fourth-order valence-electron chi connectivity index (χ4n) is 2.12. The van der Waals surface area contributed by atoms with Gasteiger partial charge in [-0.25, -0.2) is 4.39 Å². The second-order valence-corrected chi connectivity index (χ2v) is 5.25. The molecule has 4 heteroatoms. The molecule has 94 valence electrons. The molecule has 0 bridgehead atoms. The number of rotatable bonds is 3. The van der Waals surface area contributed by atoms with Gasteiger partial charge in [0.25, 0.3) is 0 Å². The number of hydrogen-bond acceptors (Lipinski definition) is 2. The van der Waals surface area contributed by atoms with Crippen LogP contribution in [0.1, 0.15) is 26.2 Å². The zero-order valence-corrected chi connectivity index (χ0v) is 11.5. The highest BCUT2D eigenvalue weighted by Gasteiger charge is 2.21. The summed E-state index contributed by atoms with van der Waals surface area (Å²) in [5.41, 5.74) is 0.826. The molecule has 0 saturated carbocycles. The van der Waals surface area contributed by atoms with Crippen molar-refractivity contribution >= 4 is 21.6 Å². The quantitative estimate of drug-likeness (QED) is 0.912. The molecule has 0 aliphatic carbocycles. The zero-order valence-electron chi connectivity index (χ0n) is 9.88. The van der Waals surface area contributed by atoms with Crippen molar-refractivity contribution in [2.75, 3.05) is 11.9 Å². The van der Waals surface area contributed by atoms with Crippen LogP contribution in [-0.4, -0.2) is 18.8 Å². The summed E-state index contributed by atoms with van der Waals surface area (Å²) in [7, 11) is 0. The Labute approximate surface area is 110 Å². The molecular weight excluding hydrogens is 285 g/mol. The van der Waals surface area contributed by atoms with Crippen LogP contribution in [0.4, 0.5) is 10.1 Å². The number of hydrogen-bond donors (Lipinski definition) is 1. The molecular formula is C13H17BrFNO. The Kier molecular flexibility index (Phi) is 4.40. The zero-order chi connectivity index (χ0) is 12.3. The van der Waals surface area contributed by atoms with E-state index in [4.69, 9.17) is 4.74 Å². The van der Waals surface area contributed by atoms with Gasteiger partial charge < -0.3 is 10.1 Å². The van der Waals surface area contributed by atoms with Crippen molar-refractivity contribution in [1.29, 1.82) is 0 Å². The molecule has 1 aliphatic rings. The van der Waals surface area contributed by atoms with Crippen molar-refractivity contribution in [3.8, 4) is 0 Å². The Morgan fingerprint density at radius 3 is 3.12 bits per heavy atom. The van der Waals surface area contributed by atoms with E-state index in [0.29, 0.717) is 12.1 Å². The Bertz CT molecular complexity index is 386. The fourth-order valence-corrected chi connectivity index (χ4v) is 2.48. The second-order valence-electron chi connectivity index (χ2n) is 4.39. The summed E-state index contributed by atoms with van der Waals surface area (Å²) in [6.45, 7) is 2.91. The molecule has 1 aromatic carbocycles. The van der Waals surface area contributed by atoms with E-state index in [1.165, 1.54) is 12.1 Å². The SMILES string of the molecule is CCC1CC(Nc2cc(F)ccc2Br)CCO1. The third-order valence-electron chi connectivity index (χ3n) is 3.11. The third-order valence-corrected chi connectivity index (χ3v) is 3.80. The summed E-state index contributed by atoms with van der Waals surface area (Å²) in [5.74, 6) is -0.213. The molecule has 2 unspecified atom stereocenters. The van der Waals surface area contributed by atoms with E-state index < -0.39 is 0 Å². The van der Waals surface area contributed by atoms with Crippen LogP contribution in [0, 0.1) is 5.82 Å². The van der Waals surface area contributed by atoms with Gasteiger partial charge in [-0.2, -0.15) is 0 Å². The maximum absolute atomic E-state index is 13.2. The Balaban J connectivity index is 2.02. The van der Waals surface area contributed by atoms with Gasteiger partial charge in [0.05, 0.1) is 11.8 Å². The Morgan fingerprint density at radius 1 is 1.53 bits per heavy atom. The van der Waals surface area contributed by atoms with Crippen molar-refractivity contribution < 1.29 is 9.13 Å². The predicted octanol–water partition coefficient (Wildman–Crippen LogP) is 3.96. The maximum atomic E-state index is 13.2. The highest BCUT2D eigenvalue weighted by molar-refractivity contribution is 9.10. The molecule has 0 aromatic heterocycles. The summed E-state index contributed by atoms with van der Waals surface area (Å²) in [5, 5.41) is 3.39. The van der Waals surface area contributed by atoms with Crippen LogP contribution in [0.2, 0.25) is 0 Å². The van der Waals surface area contributed by atoms with Crippen LogP contribution in [0.15, 0.2) is 22.7 Å². The predicted molar refractivity (Wildman–Crippen MR) is 70.8 cm³/mol. The summed E-state index contributed by atoms with van der Waals surface area (Å²) < 4.78 is 19.7. The van der Waals surface area contributed by atoms with Gasteiger partial charge >= 0.3 is 0 Å². The van der Waals surface area contributed by atoms with Gasteiger partial charge in [-0.15, -0.1) is 0 Å². The van der Waals surface area contributed by atoms with Crippen LogP contribution in [0.25, 0.3) is 0 Å². The molecule has 1 N–H and O–H groups in total. The molecule has 0 radical (unpaired) electrons. The summed E-state index contributed by atoms with van der Waals surface area (Å²) in [6, 6.07) is 5.08. The van der Waals surface area contributed by atoms with Gasteiger partial charge in [0, 0.05) is 17.1 Å². The van der Waals surface area contributed by atoms with Crippen LogP contribution >= 0.6 is 15.9 Å². The van der Waals surface area contributed by atoms with Gasteiger partial charge in [-0.05, 0) is 53.4 Å². The molecule has 1 saturated heterocycles. The normalized spacial score (nSPS) is 24.6. The van der Waals surface area contributed by atoms with E-state index in [2.05, 4.69) is 28.2 Å². The van der Waals surface area contributed by atoms with E-state index in [1.807, 2.05) is 0 Å². The number of benzene rings is 1. The highest BCUT2D eigenvalue weighted by Crippen LogP contribution is 2.27. The lowest BCUT2D eigenvalue weighted by Crippen LogP contribution is -2.33. The van der Waals surface area contributed by atoms with E-state index in [0.717, 1.165) is 36.0 Å². The second kappa shape index (κ2) is 5.83. The minimum Gasteiger partial charge on any atom is -0.381 e. The third kappa shape index (κ3) is 3.42. The Morgan fingerprint density at radius 2 is 2.35 bits per heavy atom. The molecule has 1 heterocycles. The lowest BCUT2D eigenvalue weighted by molar-refractivity contribution is 0.00924. The standard InChI is InChI=1S/C13H17BrFNO/c1-2-11-8-10(5-6-17-11)16-13-7-9(15)3-4-12(13)14/h3-4,7,10-11,16H,2,5-6,8H2,1H3. The summed E-state index contributed by atoms with van der Waals surface area (Å²) in [4.78, 5) is 0. The molecule has 1 aromatic rings. The van der Waals surface area contributed by atoms with Gasteiger partial charge in [0.15, 0.2) is 0 Å².